The van der Waals surface area contributed by atoms with E-state index in [1.807, 2.05) is 37.4 Å². The molecule has 48 heavy (non-hydrogen) atoms. The Labute approximate surface area is 278 Å². The second kappa shape index (κ2) is 13.7. The highest BCUT2D eigenvalue weighted by atomic mass is 19.4. The number of nitrogens with one attached hydrogen (secondary N) is 1. The van der Waals surface area contributed by atoms with E-state index in [4.69, 9.17) is 19.4 Å². The van der Waals surface area contributed by atoms with Crippen LogP contribution in [0.25, 0.3) is 33.8 Å². The average Bonchev–Trinajstić information content (AvgIpc) is 3.72. The molecule has 0 bridgehead atoms. The van der Waals surface area contributed by atoms with Crippen LogP contribution >= 0.6 is 0 Å². The highest BCUT2D eigenvalue weighted by Crippen LogP contribution is 2.42. The number of ether oxygens (including phenoxy) is 2. The Morgan fingerprint density at radius 2 is 1.75 bits per heavy atom. The summed E-state index contributed by atoms with van der Waals surface area (Å²) in [5, 5.41) is 9.34. The van der Waals surface area contributed by atoms with Crippen molar-refractivity contribution < 1.29 is 32.5 Å². The number of alkyl halides is 3. The Balaban J connectivity index is 1.38. The summed E-state index contributed by atoms with van der Waals surface area (Å²) in [6.45, 7) is 4.45. The van der Waals surface area contributed by atoms with Crippen LogP contribution in [-0.2, 0) is 15.7 Å². The summed E-state index contributed by atoms with van der Waals surface area (Å²) in [5.41, 5.74) is 3.55. The first-order chi connectivity index (χ1) is 23.0. The van der Waals surface area contributed by atoms with Gasteiger partial charge in [0.05, 0.1) is 36.1 Å². The first-order valence-electron chi connectivity index (χ1n) is 16.5. The number of aromatic nitrogens is 3. The fourth-order valence-corrected chi connectivity index (χ4v) is 7.33. The summed E-state index contributed by atoms with van der Waals surface area (Å²) in [4.78, 5) is 28.8. The van der Waals surface area contributed by atoms with E-state index < -0.39 is 17.7 Å². The van der Waals surface area contributed by atoms with Crippen molar-refractivity contribution >= 4 is 28.5 Å². The first-order valence-corrected chi connectivity index (χ1v) is 16.5. The van der Waals surface area contributed by atoms with E-state index in [2.05, 4.69) is 14.8 Å². The van der Waals surface area contributed by atoms with E-state index in [9.17, 15) is 23.1 Å². The van der Waals surface area contributed by atoms with Crippen LogP contribution in [-0.4, -0.2) is 73.0 Å². The number of carboxylic acids is 1. The number of aliphatic carboxylic acids is 1. The Morgan fingerprint density at radius 1 is 1.06 bits per heavy atom. The number of benzene rings is 2. The number of pyridine rings is 1. The maximum absolute atomic E-state index is 14.1. The zero-order valence-corrected chi connectivity index (χ0v) is 27.6. The van der Waals surface area contributed by atoms with Gasteiger partial charge in [-0.3, -0.25) is 4.79 Å². The van der Waals surface area contributed by atoms with Crippen LogP contribution in [0.15, 0.2) is 48.5 Å². The third kappa shape index (κ3) is 6.94. The lowest BCUT2D eigenvalue weighted by Gasteiger charge is -2.34. The van der Waals surface area contributed by atoms with Gasteiger partial charge in [-0.05, 0) is 81.1 Å². The molecule has 0 atom stereocenters. The molecule has 1 aliphatic carbocycles. The van der Waals surface area contributed by atoms with Crippen molar-refractivity contribution in [2.45, 2.75) is 51.6 Å². The zero-order chi connectivity index (χ0) is 34.1. The quantitative estimate of drug-likeness (QED) is 0.168. The van der Waals surface area contributed by atoms with Crippen molar-refractivity contribution in [3.8, 4) is 28.4 Å². The molecule has 1 aliphatic heterocycles. The maximum Gasteiger partial charge on any atom is 0.419 e. The van der Waals surface area contributed by atoms with Gasteiger partial charge in [-0.1, -0.05) is 12.8 Å². The maximum atomic E-state index is 14.1. The molecule has 0 radical (unpaired) electrons. The molecular formula is C36H42F3N5O4. The molecule has 12 heteroatoms. The van der Waals surface area contributed by atoms with Crippen LogP contribution < -0.4 is 14.5 Å². The van der Waals surface area contributed by atoms with E-state index >= 15 is 0 Å². The van der Waals surface area contributed by atoms with Gasteiger partial charge in [0.15, 0.2) is 5.65 Å². The van der Waals surface area contributed by atoms with Crippen LogP contribution in [0.5, 0.6) is 5.75 Å². The summed E-state index contributed by atoms with van der Waals surface area (Å²) in [7, 11) is 3.72. The lowest BCUT2D eigenvalue weighted by molar-refractivity contribution is -0.142. The van der Waals surface area contributed by atoms with Gasteiger partial charge in [-0.2, -0.15) is 13.2 Å². The Kier molecular flexibility index (Phi) is 9.55. The molecule has 1 saturated carbocycles. The lowest BCUT2D eigenvalue weighted by Crippen LogP contribution is -2.37. The molecule has 2 aromatic heterocycles. The van der Waals surface area contributed by atoms with Gasteiger partial charge in [0.1, 0.15) is 17.1 Å². The summed E-state index contributed by atoms with van der Waals surface area (Å²) in [6, 6.07) is 13.8. The second-order valence-corrected chi connectivity index (χ2v) is 13.1. The number of methoxy groups -OCH3 is 1. The number of rotatable bonds is 11. The molecule has 1 saturated heterocycles. The van der Waals surface area contributed by atoms with E-state index in [-0.39, 0.29) is 23.7 Å². The van der Waals surface area contributed by atoms with Crippen LogP contribution in [0.1, 0.15) is 51.0 Å². The molecule has 0 amide bonds. The molecule has 2 N–H and O–H groups in total. The summed E-state index contributed by atoms with van der Waals surface area (Å²) in [6.07, 6.45) is 0.940. The van der Waals surface area contributed by atoms with Crippen LogP contribution in [0, 0.1) is 11.3 Å². The molecular weight excluding hydrogens is 623 g/mol. The number of piperidine rings is 1. The number of hydrogen-bond acceptors (Lipinski definition) is 7. The normalized spacial score (nSPS) is 16.8. The van der Waals surface area contributed by atoms with Gasteiger partial charge in [0.2, 0.25) is 0 Å². The van der Waals surface area contributed by atoms with E-state index in [0.29, 0.717) is 67.3 Å². The van der Waals surface area contributed by atoms with E-state index in [1.165, 1.54) is 6.07 Å². The van der Waals surface area contributed by atoms with Crippen molar-refractivity contribution in [2.75, 3.05) is 56.8 Å². The number of fused-ring (bicyclic) bond motifs is 1. The summed E-state index contributed by atoms with van der Waals surface area (Å²) < 4.78 is 53.2. The Bertz CT molecular complexity index is 1740. The summed E-state index contributed by atoms with van der Waals surface area (Å²) in [5.74, 6) is -0.666. The topological polar surface area (TPSA) is 104 Å². The highest BCUT2D eigenvalue weighted by molar-refractivity contribution is 5.91. The molecule has 256 valence electrons. The predicted octanol–water partition coefficient (Wildman–Crippen LogP) is 7.65. The van der Waals surface area contributed by atoms with E-state index in [0.717, 1.165) is 48.7 Å². The fraction of sp³-hybridized carbons (Fsp3) is 0.472. The molecule has 2 aromatic carbocycles. The fourth-order valence-electron chi connectivity index (χ4n) is 7.33. The largest absolute Gasteiger partial charge is 0.493 e. The Hall–Kier alpha value is -4.32. The summed E-state index contributed by atoms with van der Waals surface area (Å²) >= 11 is 0. The first kappa shape index (κ1) is 33.6. The number of hydrogen-bond donors (Lipinski definition) is 2. The van der Waals surface area contributed by atoms with Crippen molar-refractivity contribution in [2.24, 2.45) is 11.3 Å². The van der Waals surface area contributed by atoms with Crippen LogP contribution in [0.4, 0.5) is 24.5 Å². The van der Waals surface area contributed by atoms with Crippen LogP contribution in [0.3, 0.4) is 0 Å². The number of halogens is 3. The Morgan fingerprint density at radius 3 is 2.38 bits per heavy atom. The molecule has 0 unspecified atom stereocenters. The van der Waals surface area contributed by atoms with Gasteiger partial charge in [0.25, 0.3) is 0 Å². The van der Waals surface area contributed by atoms with Gasteiger partial charge in [-0.15, -0.1) is 0 Å². The third-order valence-electron chi connectivity index (χ3n) is 9.77. The molecule has 2 aliphatic rings. The van der Waals surface area contributed by atoms with Gasteiger partial charge < -0.3 is 29.4 Å². The van der Waals surface area contributed by atoms with Crippen molar-refractivity contribution in [3.05, 3.63) is 54.1 Å². The molecule has 4 aromatic rings. The minimum atomic E-state index is -4.60. The van der Waals surface area contributed by atoms with Gasteiger partial charge in [-0.25, -0.2) is 9.97 Å². The standard InChI is InChI=1S/C36H42F3N5O4/c1-4-48-30-12-9-25(19-27(30)36(37,38)39)28-20-29(43(2)21-35(22-47-3)15-5-6-16-35)31-33(40-28)42-32(41-31)23-7-10-26(11-8-23)44-17-13-24(14-18-44)34(45)46/h7-12,19-20,24H,4-6,13-18,21-22H2,1-3H3,(H,45,46)(H,40,41,42). The van der Waals surface area contributed by atoms with Crippen molar-refractivity contribution in [3.63, 3.8) is 0 Å². The number of carboxylic acid groups (broad SMARTS) is 1. The second-order valence-electron chi connectivity index (χ2n) is 13.1. The minimum absolute atomic E-state index is 0.0283. The number of carbonyl (C=O) groups is 1. The number of H-pyrrole nitrogens is 1. The van der Waals surface area contributed by atoms with Gasteiger partial charge >= 0.3 is 12.1 Å². The number of anilines is 2. The third-order valence-corrected chi connectivity index (χ3v) is 9.77. The SMILES string of the molecule is CCOc1ccc(-c2cc(N(C)CC3(COC)CCCC3)c3[nH]c(-c4ccc(N5CCC(C(=O)O)CC5)cc4)nc3n2)cc1C(F)(F)F. The predicted molar refractivity (Wildman–Crippen MR) is 180 cm³/mol. The van der Waals surface area contributed by atoms with Crippen LogP contribution in [0.2, 0.25) is 0 Å². The smallest absolute Gasteiger partial charge is 0.419 e. The van der Waals surface area contributed by atoms with Crippen molar-refractivity contribution in [1.82, 2.24) is 15.0 Å². The zero-order valence-electron chi connectivity index (χ0n) is 27.6. The highest BCUT2D eigenvalue weighted by Gasteiger charge is 2.37. The monoisotopic (exact) mass is 665 g/mol. The minimum Gasteiger partial charge on any atom is -0.493 e. The molecule has 9 nitrogen and oxygen atoms in total. The molecule has 3 heterocycles. The molecule has 0 spiro atoms. The molecule has 6 rings (SSSR count). The lowest BCUT2D eigenvalue weighted by atomic mass is 9.86. The number of aromatic amines is 1. The van der Waals surface area contributed by atoms with Crippen molar-refractivity contribution in [1.29, 1.82) is 0 Å². The number of imidazole rings is 1. The number of nitrogens with zero attached hydrogens (tertiary/aromatic N) is 4. The average molecular weight is 666 g/mol. The van der Waals surface area contributed by atoms with Gasteiger partial charge in [0, 0.05) is 56.0 Å². The van der Waals surface area contributed by atoms with E-state index in [1.54, 1.807) is 20.1 Å². The molecule has 2 fully saturated rings.